The predicted molar refractivity (Wildman–Crippen MR) is 85.7 cm³/mol. The van der Waals surface area contributed by atoms with Crippen LogP contribution in [0.2, 0.25) is 4.34 Å². The van der Waals surface area contributed by atoms with Gasteiger partial charge in [0, 0.05) is 18.7 Å². The minimum absolute atomic E-state index is 0.0190. The third-order valence-corrected chi connectivity index (χ3v) is 5.28. The van der Waals surface area contributed by atoms with Gasteiger partial charge in [0.15, 0.2) is 11.5 Å². The number of piperidine rings is 1. The first-order chi connectivity index (χ1) is 11.0. The monoisotopic (exact) mass is 354 g/mol. The molecule has 1 amide bonds. The maximum atomic E-state index is 12.6. The number of aliphatic carboxylic acids is 1. The Hall–Kier alpha value is -1.86. The number of halogens is 1. The third-order valence-electron chi connectivity index (χ3n) is 4.04. The van der Waals surface area contributed by atoms with Crippen LogP contribution in [0.5, 0.6) is 0 Å². The van der Waals surface area contributed by atoms with Crippen LogP contribution < -0.4 is 0 Å². The topological polar surface area (TPSA) is 83.6 Å². The zero-order valence-corrected chi connectivity index (χ0v) is 13.9. The van der Waals surface area contributed by atoms with Crippen LogP contribution in [0.3, 0.4) is 0 Å². The fraction of sp³-hybridized carbons (Fsp3) is 0.400. The lowest BCUT2D eigenvalue weighted by Gasteiger charge is -2.35. The highest BCUT2D eigenvalue weighted by atomic mass is 35.5. The maximum absolute atomic E-state index is 12.6. The Morgan fingerprint density at radius 2 is 2.22 bits per heavy atom. The number of likely N-dealkylation sites (tertiary alicyclic amines) is 1. The van der Waals surface area contributed by atoms with Gasteiger partial charge in [-0.3, -0.25) is 9.59 Å². The lowest BCUT2D eigenvalue weighted by atomic mass is 9.93. The smallest absolute Gasteiger partial charge is 0.308 e. The molecule has 2 aromatic rings. The van der Waals surface area contributed by atoms with E-state index >= 15 is 0 Å². The molecule has 1 saturated heterocycles. The highest BCUT2D eigenvalue weighted by Crippen LogP contribution is 2.32. The van der Waals surface area contributed by atoms with Gasteiger partial charge in [0.2, 0.25) is 0 Å². The molecule has 0 spiro atoms. The van der Waals surface area contributed by atoms with Gasteiger partial charge < -0.3 is 14.5 Å². The van der Waals surface area contributed by atoms with Crippen LogP contribution in [0.1, 0.15) is 30.3 Å². The van der Waals surface area contributed by atoms with Crippen molar-refractivity contribution in [3.63, 3.8) is 0 Å². The lowest BCUT2D eigenvalue weighted by Crippen LogP contribution is -2.47. The molecule has 0 aliphatic carbocycles. The Kier molecular flexibility index (Phi) is 4.41. The summed E-state index contributed by atoms with van der Waals surface area (Å²) in [5.74, 6) is -1.23. The summed E-state index contributed by atoms with van der Waals surface area (Å²) >= 11 is 7.23. The zero-order chi connectivity index (χ0) is 16.6. The zero-order valence-electron chi connectivity index (χ0n) is 12.4. The molecule has 8 heteroatoms. The Labute approximate surface area is 141 Å². The molecule has 122 valence electrons. The summed E-state index contributed by atoms with van der Waals surface area (Å²) in [5, 5.41) is 13.0. The molecule has 1 N–H and O–H groups in total. The van der Waals surface area contributed by atoms with Crippen LogP contribution in [0, 0.1) is 5.92 Å². The number of hydrogen-bond donors (Lipinski definition) is 1. The summed E-state index contributed by atoms with van der Waals surface area (Å²) in [6.45, 7) is 2.11. The first-order valence-corrected chi connectivity index (χ1v) is 8.41. The Bertz CT molecular complexity index is 741. The van der Waals surface area contributed by atoms with Crippen molar-refractivity contribution in [2.45, 2.75) is 25.8 Å². The van der Waals surface area contributed by atoms with Crippen LogP contribution in [0.25, 0.3) is 10.6 Å². The summed E-state index contributed by atoms with van der Waals surface area (Å²) in [4.78, 5) is 26.1. The van der Waals surface area contributed by atoms with Gasteiger partial charge >= 0.3 is 5.97 Å². The van der Waals surface area contributed by atoms with Gasteiger partial charge in [0.1, 0.15) is 0 Å². The SMILES string of the molecule is CC1CCC(C(=O)O)CN1C(=O)c1cc(-c2ccc(Cl)s2)on1. The number of thiophene rings is 1. The molecule has 0 saturated carbocycles. The van der Waals surface area contributed by atoms with Crippen molar-refractivity contribution >= 4 is 34.8 Å². The van der Waals surface area contributed by atoms with E-state index in [4.69, 9.17) is 21.2 Å². The van der Waals surface area contributed by atoms with Crippen LogP contribution >= 0.6 is 22.9 Å². The van der Waals surface area contributed by atoms with Crippen molar-refractivity contribution in [1.29, 1.82) is 0 Å². The van der Waals surface area contributed by atoms with E-state index in [0.717, 1.165) is 4.88 Å². The molecule has 0 aromatic carbocycles. The van der Waals surface area contributed by atoms with Crippen molar-refractivity contribution < 1.29 is 19.2 Å². The molecule has 1 aliphatic heterocycles. The second-order valence-electron chi connectivity index (χ2n) is 5.60. The van der Waals surface area contributed by atoms with Gasteiger partial charge in [-0.15, -0.1) is 11.3 Å². The number of hydrogen-bond acceptors (Lipinski definition) is 5. The third kappa shape index (κ3) is 3.25. The number of aromatic nitrogens is 1. The minimum atomic E-state index is -0.872. The Morgan fingerprint density at radius 1 is 1.43 bits per heavy atom. The average Bonchev–Trinajstić information content (AvgIpc) is 3.15. The van der Waals surface area contributed by atoms with Crippen LogP contribution in [-0.2, 0) is 4.79 Å². The van der Waals surface area contributed by atoms with Crippen LogP contribution in [-0.4, -0.2) is 39.6 Å². The first kappa shape index (κ1) is 16.0. The number of nitrogens with zero attached hydrogens (tertiary/aromatic N) is 2. The molecule has 23 heavy (non-hydrogen) atoms. The van der Waals surface area contributed by atoms with Crippen molar-refractivity contribution in [1.82, 2.24) is 10.1 Å². The summed E-state index contributed by atoms with van der Waals surface area (Å²) in [7, 11) is 0. The maximum Gasteiger partial charge on any atom is 0.308 e. The molecular formula is C15H15ClN2O4S. The van der Waals surface area contributed by atoms with Gasteiger partial charge in [-0.05, 0) is 31.9 Å². The quantitative estimate of drug-likeness (QED) is 0.913. The molecule has 2 aromatic heterocycles. The molecule has 1 fully saturated rings. The highest BCUT2D eigenvalue weighted by Gasteiger charge is 2.34. The normalized spacial score (nSPS) is 21.4. The second-order valence-corrected chi connectivity index (χ2v) is 7.31. The predicted octanol–water partition coefficient (Wildman–Crippen LogP) is 3.38. The number of carbonyl (C=O) groups is 2. The number of rotatable bonds is 3. The van der Waals surface area contributed by atoms with Gasteiger partial charge in [-0.25, -0.2) is 0 Å². The van der Waals surface area contributed by atoms with E-state index in [1.54, 1.807) is 23.1 Å². The molecule has 3 heterocycles. The van der Waals surface area contributed by atoms with E-state index in [1.165, 1.54) is 11.3 Å². The van der Waals surface area contributed by atoms with E-state index in [2.05, 4.69) is 5.16 Å². The molecule has 6 nitrogen and oxygen atoms in total. The number of carbonyl (C=O) groups excluding carboxylic acids is 1. The fourth-order valence-electron chi connectivity index (χ4n) is 2.68. The molecule has 0 bridgehead atoms. The average molecular weight is 355 g/mol. The van der Waals surface area contributed by atoms with Gasteiger partial charge in [-0.2, -0.15) is 0 Å². The van der Waals surface area contributed by atoms with Crippen LogP contribution in [0.15, 0.2) is 22.7 Å². The Morgan fingerprint density at radius 3 is 2.87 bits per heavy atom. The number of amides is 1. The van der Waals surface area contributed by atoms with E-state index < -0.39 is 11.9 Å². The van der Waals surface area contributed by atoms with Crippen molar-refractivity contribution in [2.24, 2.45) is 5.92 Å². The van der Waals surface area contributed by atoms with Crippen molar-refractivity contribution in [2.75, 3.05) is 6.54 Å². The molecule has 3 rings (SSSR count). The van der Waals surface area contributed by atoms with E-state index in [0.29, 0.717) is 22.9 Å². The fourth-order valence-corrected chi connectivity index (χ4v) is 3.67. The number of carboxylic acid groups (broad SMARTS) is 1. The lowest BCUT2D eigenvalue weighted by molar-refractivity contribution is -0.143. The summed E-state index contributed by atoms with van der Waals surface area (Å²) in [6, 6.07) is 5.10. The largest absolute Gasteiger partial charge is 0.481 e. The van der Waals surface area contributed by atoms with Crippen LogP contribution in [0.4, 0.5) is 0 Å². The molecule has 0 radical (unpaired) electrons. The molecule has 2 unspecified atom stereocenters. The molecule has 2 atom stereocenters. The van der Waals surface area contributed by atoms with E-state index in [9.17, 15) is 9.59 Å². The van der Waals surface area contributed by atoms with Crippen molar-refractivity contribution in [3.05, 3.63) is 28.2 Å². The second kappa shape index (κ2) is 6.33. The highest BCUT2D eigenvalue weighted by molar-refractivity contribution is 7.19. The summed E-state index contributed by atoms with van der Waals surface area (Å²) in [5.41, 5.74) is 0.183. The summed E-state index contributed by atoms with van der Waals surface area (Å²) < 4.78 is 5.85. The first-order valence-electron chi connectivity index (χ1n) is 7.22. The summed E-state index contributed by atoms with van der Waals surface area (Å²) in [6.07, 6.45) is 1.24. The standard InChI is InChI=1S/C15H15ClN2O4S/c1-8-2-3-9(15(20)21)7-18(8)14(19)10-6-11(22-17-10)12-4-5-13(16)23-12/h4-6,8-9H,2-3,7H2,1H3,(H,20,21). The van der Waals surface area contributed by atoms with Gasteiger partial charge in [0.25, 0.3) is 5.91 Å². The molecular weight excluding hydrogens is 340 g/mol. The molecule has 1 aliphatic rings. The minimum Gasteiger partial charge on any atom is -0.481 e. The van der Waals surface area contributed by atoms with Crippen molar-refractivity contribution in [3.8, 4) is 10.6 Å². The van der Waals surface area contributed by atoms with Gasteiger partial charge in [0.05, 0.1) is 15.1 Å². The Balaban J connectivity index is 1.79. The van der Waals surface area contributed by atoms with E-state index in [1.807, 2.05) is 6.92 Å². The van der Waals surface area contributed by atoms with E-state index in [-0.39, 0.29) is 24.2 Å². The number of carboxylic acids is 1. The van der Waals surface area contributed by atoms with Gasteiger partial charge in [-0.1, -0.05) is 16.8 Å².